The van der Waals surface area contributed by atoms with Gasteiger partial charge in [-0.05, 0) is 58.9 Å². The van der Waals surface area contributed by atoms with Crippen molar-refractivity contribution in [2.45, 2.75) is 40.2 Å². The van der Waals surface area contributed by atoms with Crippen LogP contribution in [0.15, 0.2) is 37.9 Å². The zero-order chi connectivity index (χ0) is 20.8. The van der Waals surface area contributed by atoms with E-state index in [4.69, 9.17) is 13.6 Å². The Kier molecular flexibility index (Phi) is 4.71. The Bertz CT molecular complexity index is 1120. The third kappa shape index (κ3) is 3.60. The first-order valence-corrected chi connectivity index (χ1v) is 8.82. The molecule has 2 heterocycles. The number of carbonyl (C=O) groups is 1. The van der Waals surface area contributed by atoms with Gasteiger partial charge in [0.25, 0.3) is 0 Å². The first-order chi connectivity index (χ1) is 13.0. The van der Waals surface area contributed by atoms with E-state index in [0.29, 0.717) is 28.0 Å². The molecule has 0 atom stereocenters. The summed E-state index contributed by atoms with van der Waals surface area (Å²) in [7, 11) is 1.62. The van der Waals surface area contributed by atoms with Gasteiger partial charge in [-0.25, -0.2) is 9.59 Å². The molecule has 3 rings (SSSR count). The fourth-order valence-electron chi connectivity index (χ4n) is 2.75. The molecule has 0 bridgehead atoms. The zero-order valence-corrected chi connectivity index (χ0v) is 16.7. The first kappa shape index (κ1) is 19.5. The fourth-order valence-corrected chi connectivity index (χ4v) is 2.75. The largest absolute Gasteiger partial charge is 0.507 e. The van der Waals surface area contributed by atoms with Crippen molar-refractivity contribution in [1.29, 1.82) is 0 Å². The molecule has 1 amide bonds. The third-order valence-electron chi connectivity index (χ3n) is 4.33. The van der Waals surface area contributed by atoms with Crippen LogP contribution >= 0.6 is 0 Å². The van der Waals surface area contributed by atoms with Gasteiger partial charge in [-0.1, -0.05) is 0 Å². The molecule has 7 heteroatoms. The van der Waals surface area contributed by atoms with E-state index < -0.39 is 17.3 Å². The summed E-state index contributed by atoms with van der Waals surface area (Å²) in [4.78, 5) is 25.6. The van der Waals surface area contributed by atoms with Crippen molar-refractivity contribution in [2.75, 3.05) is 11.9 Å². The van der Waals surface area contributed by atoms with E-state index in [1.54, 1.807) is 59.0 Å². The molecule has 0 aliphatic carbocycles. The Morgan fingerprint density at radius 3 is 2.43 bits per heavy atom. The molecule has 1 aromatic carbocycles. The lowest BCUT2D eigenvalue weighted by Gasteiger charge is -2.24. The Labute approximate surface area is 162 Å². The van der Waals surface area contributed by atoms with Crippen molar-refractivity contribution in [1.82, 2.24) is 0 Å². The highest BCUT2D eigenvalue weighted by Crippen LogP contribution is 2.34. The van der Waals surface area contributed by atoms with E-state index in [1.165, 1.54) is 11.8 Å². The lowest BCUT2D eigenvalue weighted by Crippen LogP contribution is -2.34. The average Bonchev–Trinajstić information content (AvgIpc) is 3.03. The molecular formula is C21H23NO6. The molecule has 1 N–H and O–H groups in total. The molecule has 28 heavy (non-hydrogen) atoms. The number of benzene rings is 1. The van der Waals surface area contributed by atoms with Gasteiger partial charge in [-0.15, -0.1) is 0 Å². The van der Waals surface area contributed by atoms with E-state index in [9.17, 15) is 14.7 Å². The van der Waals surface area contributed by atoms with E-state index >= 15 is 0 Å². The molecule has 0 fully saturated rings. The standard InChI is InChI=1S/C21H23NO6/c1-11-17(23)12(2)19(24)27-18(11)16-10-13-9-14(7-8-15(13)26-16)22(6)20(25)28-21(3,4)5/h7-10,23H,1-6H3. The number of amides is 1. The van der Waals surface area contributed by atoms with Crippen molar-refractivity contribution in [3.63, 3.8) is 0 Å². The number of furan rings is 1. The normalized spacial score (nSPS) is 11.6. The Morgan fingerprint density at radius 1 is 1.11 bits per heavy atom. The van der Waals surface area contributed by atoms with Crippen LogP contribution in [-0.4, -0.2) is 23.8 Å². The maximum atomic E-state index is 12.3. The highest BCUT2D eigenvalue weighted by Gasteiger charge is 2.22. The maximum Gasteiger partial charge on any atom is 0.414 e. The molecular weight excluding hydrogens is 362 g/mol. The molecule has 3 aromatic rings. The van der Waals surface area contributed by atoms with Crippen molar-refractivity contribution in [2.24, 2.45) is 0 Å². The zero-order valence-electron chi connectivity index (χ0n) is 16.7. The van der Waals surface area contributed by atoms with Gasteiger partial charge in [0.05, 0.1) is 5.56 Å². The lowest BCUT2D eigenvalue weighted by molar-refractivity contribution is 0.0589. The number of anilines is 1. The predicted octanol–water partition coefficient (Wildman–Crippen LogP) is 4.75. The second-order valence-corrected chi connectivity index (χ2v) is 7.69. The van der Waals surface area contributed by atoms with Crippen molar-refractivity contribution in [3.05, 3.63) is 45.8 Å². The Morgan fingerprint density at radius 2 is 1.79 bits per heavy atom. The quantitative estimate of drug-likeness (QED) is 0.684. The number of ether oxygens (including phenoxy) is 1. The minimum atomic E-state index is -0.621. The molecule has 0 unspecified atom stereocenters. The van der Waals surface area contributed by atoms with Crippen LogP contribution in [0.4, 0.5) is 10.5 Å². The summed E-state index contributed by atoms with van der Waals surface area (Å²) in [6.07, 6.45) is -0.471. The number of rotatable bonds is 2. The summed E-state index contributed by atoms with van der Waals surface area (Å²) in [5.41, 5.74) is 0.531. The summed E-state index contributed by atoms with van der Waals surface area (Å²) in [5.74, 6) is 0.375. The highest BCUT2D eigenvalue weighted by molar-refractivity contribution is 5.92. The summed E-state index contributed by atoms with van der Waals surface area (Å²) in [6, 6.07) is 6.92. The van der Waals surface area contributed by atoms with Gasteiger partial charge in [-0.3, -0.25) is 4.90 Å². The molecule has 148 valence electrons. The second-order valence-electron chi connectivity index (χ2n) is 7.69. The van der Waals surface area contributed by atoms with Crippen LogP contribution in [0.25, 0.3) is 22.5 Å². The fraction of sp³-hybridized carbons (Fsp3) is 0.333. The van der Waals surface area contributed by atoms with Crippen molar-refractivity contribution in [3.8, 4) is 17.3 Å². The predicted molar refractivity (Wildman–Crippen MR) is 106 cm³/mol. The number of hydrogen-bond acceptors (Lipinski definition) is 6. The topological polar surface area (TPSA) is 93.1 Å². The van der Waals surface area contributed by atoms with Gasteiger partial charge in [0.15, 0.2) is 11.5 Å². The molecule has 0 saturated carbocycles. The maximum absolute atomic E-state index is 12.3. The minimum Gasteiger partial charge on any atom is -0.507 e. The van der Waals surface area contributed by atoms with Crippen LogP contribution in [0, 0.1) is 13.8 Å². The molecule has 0 aliphatic rings. The van der Waals surface area contributed by atoms with Gasteiger partial charge in [0.1, 0.15) is 16.9 Å². The van der Waals surface area contributed by atoms with E-state index in [1.807, 2.05) is 0 Å². The number of carbonyl (C=O) groups excluding carboxylic acids is 1. The number of aromatic hydroxyl groups is 1. The van der Waals surface area contributed by atoms with Gasteiger partial charge in [0.2, 0.25) is 0 Å². The molecule has 0 spiro atoms. The summed E-state index contributed by atoms with van der Waals surface area (Å²) in [6.45, 7) is 8.55. The highest BCUT2D eigenvalue weighted by atomic mass is 16.6. The van der Waals surface area contributed by atoms with Gasteiger partial charge in [0, 0.05) is 23.7 Å². The van der Waals surface area contributed by atoms with Gasteiger partial charge < -0.3 is 18.7 Å². The first-order valence-electron chi connectivity index (χ1n) is 8.82. The average molecular weight is 385 g/mol. The van der Waals surface area contributed by atoms with Crippen LogP contribution < -0.4 is 10.5 Å². The third-order valence-corrected chi connectivity index (χ3v) is 4.33. The summed E-state index contributed by atoms with van der Waals surface area (Å²) in [5, 5.41) is 10.8. The monoisotopic (exact) mass is 385 g/mol. The molecule has 7 nitrogen and oxygen atoms in total. The second kappa shape index (κ2) is 6.74. The van der Waals surface area contributed by atoms with E-state index in [-0.39, 0.29) is 17.1 Å². The number of fused-ring (bicyclic) bond motifs is 1. The summed E-state index contributed by atoms with van der Waals surface area (Å²) >= 11 is 0. The number of hydrogen-bond donors (Lipinski definition) is 1. The molecule has 0 saturated heterocycles. The van der Waals surface area contributed by atoms with E-state index in [0.717, 1.165) is 0 Å². The Hall–Kier alpha value is -3.22. The number of nitrogens with zero attached hydrogens (tertiary/aromatic N) is 1. The molecule has 0 aliphatic heterocycles. The summed E-state index contributed by atoms with van der Waals surface area (Å²) < 4.78 is 16.5. The van der Waals surface area contributed by atoms with Crippen LogP contribution in [0.1, 0.15) is 31.9 Å². The smallest absolute Gasteiger partial charge is 0.414 e. The minimum absolute atomic E-state index is 0.114. The van der Waals surface area contributed by atoms with Gasteiger partial charge >= 0.3 is 11.7 Å². The van der Waals surface area contributed by atoms with Crippen molar-refractivity contribution < 1.29 is 23.5 Å². The molecule has 0 radical (unpaired) electrons. The molecule has 2 aromatic heterocycles. The van der Waals surface area contributed by atoms with Crippen LogP contribution in [0.5, 0.6) is 5.75 Å². The lowest BCUT2D eigenvalue weighted by atomic mass is 10.1. The Balaban J connectivity index is 2.01. The van der Waals surface area contributed by atoms with E-state index in [2.05, 4.69) is 0 Å². The van der Waals surface area contributed by atoms with Crippen molar-refractivity contribution >= 4 is 22.7 Å². The van der Waals surface area contributed by atoms with Gasteiger partial charge in [-0.2, -0.15) is 0 Å². The van der Waals surface area contributed by atoms with Crippen LogP contribution in [0.2, 0.25) is 0 Å². The van der Waals surface area contributed by atoms with Crippen LogP contribution in [0.3, 0.4) is 0 Å². The SMILES string of the molecule is Cc1c(-c2cc3cc(N(C)C(=O)OC(C)(C)C)ccc3o2)oc(=O)c(C)c1O. The van der Waals surface area contributed by atoms with Crippen LogP contribution in [-0.2, 0) is 4.74 Å².